The van der Waals surface area contributed by atoms with Crippen LogP contribution in [0.2, 0.25) is 0 Å². The molecule has 0 N–H and O–H groups in total. The second-order valence-electron chi connectivity index (χ2n) is 8.01. The largest absolute Gasteiger partial charge is 0.493 e. The first kappa shape index (κ1) is 24.4. The van der Waals surface area contributed by atoms with Crippen LogP contribution in [-0.2, 0) is 12.6 Å². The minimum Gasteiger partial charge on any atom is -0.493 e. The molecule has 1 amide bonds. The van der Waals surface area contributed by atoms with Gasteiger partial charge in [-0.2, -0.15) is 13.2 Å². The summed E-state index contributed by atoms with van der Waals surface area (Å²) in [4.78, 5) is 14.9. The predicted molar refractivity (Wildman–Crippen MR) is 120 cm³/mol. The molecule has 0 fully saturated rings. The van der Waals surface area contributed by atoms with Crippen LogP contribution in [-0.4, -0.2) is 38.2 Å². The molecule has 0 saturated heterocycles. The van der Waals surface area contributed by atoms with Gasteiger partial charge in [0, 0.05) is 12.1 Å². The van der Waals surface area contributed by atoms with Crippen molar-refractivity contribution in [2.75, 3.05) is 27.4 Å². The molecule has 9 heteroatoms. The number of benzene rings is 3. The van der Waals surface area contributed by atoms with Crippen LogP contribution < -0.4 is 14.2 Å². The zero-order chi connectivity index (χ0) is 25.2. The molecule has 0 radical (unpaired) electrons. The highest BCUT2D eigenvalue weighted by molar-refractivity contribution is 5.94. The summed E-state index contributed by atoms with van der Waals surface area (Å²) in [6, 6.07) is 12.7. The third-order valence-electron chi connectivity index (χ3n) is 5.92. The van der Waals surface area contributed by atoms with Crippen LogP contribution in [0.15, 0.2) is 60.7 Å². The number of hydrogen-bond donors (Lipinski definition) is 0. The van der Waals surface area contributed by atoms with E-state index in [0.29, 0.717) is 30.0 Å². The number of hydrogen-bond acceptors (Lipinski definition) is 4. The normalized spacial score (nSPS) is 15.4. The highest BCUT2D eigenvalue weighted by atomic mass is 19.4. The number of amides is 1. The number of alkyl halides is 3. The van der Waals surface area contributed by atoms with Gasteiger partial charge in [0.15, 0.2) is 11.5 Å². The minimum absolute atomic E-state index is 0.0293. The van der Waals surface area contributed by atoms with Gasteiger partial charge >= 0.3 is 6.18 Å². The van der Waals surface area contributed by atoms with Gasteiger partial charge in [-0.3, -0.25) is 4.79 Å². The summed E-state index contributed by atoms with van der Waals surface area (Å²) in [6.45, 7) is 0.228. The molecule has 0 bridgehead atoms. The van der Waals surface area contributed by atoms with Gasteiger partial charge in [-0.15, -0.1) is 0 Å². The molecule has 0 saturated carbocycles. The molecule has 3 aromatic carbocycles. The van der Waals surface area contributed by atoms with Crippen molar-refractivity contribution in [3.63, 3.8) is 0 Å². The lowest BCUT2D eigenvalue weighted by Crippen LogP contribution is -2.42. The molecule has 0 spiro atoms. The highest BCUT2D eigenvalue weighted by Gasteiger charge is 2.34. The van der Waals surface area contributed by atoms with Crippen molar-refractivity contribution in [2.45, 2.75) is 18.6 Å². The van der Waals surface area contributed by atoms with Crippen LogP contribution >= 0.6 is 0 Å². The topological polar surface area (TPSA) is 48.0 Å². The third-order valence-corrected chi connectivity index (χ3v) is 5.92. The lowest BCUT2D eigenvalue weighted by Gasteiger charge is -2.37. The molecule has 35 heavy (non-hydrogen) atoms. The van der Waals surface area contributed by atoms with Crippen molar-refractivity contribution in [1.82, 2.24) is 4.90 Å². The average Bonchev–Trinajstić information content (AvgIpc) is 2.86. The Hall–Kier alpha value is -3.75. The molecular formula is C26H23F4NO4. The summed E-state index contributed by atoms with van der Waals surface area (Å²) in [7, 11) is 3.01. The van der Waals surface area contributed by atoms with Crippen molar-refractivity contribution >= 4 is 5.91 Å². The van der Waals surface area contributed by atoms with Gasteiger partial charge in [-0.25, -0.2) is 4.39 Å². The second-order valence-corrected chi connectivity index (χ2v) is 8.01. The second kappa shape index (κ2) is 9.85. The van der Waals surface area contributed by atoms with Gasteiger partial charge in [-0.05, 0) is 72.1 Å². The van der Waals surface area contributed by atoms with E-state index in [1.165, 1.54) is 50.6 Å². The van der Waals surface area contributed by atoms with Crippen molar-refractivity contribution in [3.8, 4) is 17.2 Å². The molecular weight excluding hydrogens is 466 g/mol. The van der Waals surface area contributed by atoms with Gasteiger partial charge in [0.1, 0.15) is 18.2 Å². The van der Waals surface area contributed by atoms with Crippen LogP contribution in [0.1, 0.15) is 33.1 Å². The Balaban J connectivity index is 1.69. The lowest BCUT2D eigenvalue weighted by atomic mass is 9.91. The predicted octanol–water partition coefficient (Wildman–Crippen LogP) is 5.68. The molecule has 0 aromatic heterocycles. The maximum absolute atomic E-state index is 13.4. The van der Waals surface area contributed by atoms with Crippen molar-refractivity contribution in [2.24, 2.45) is 0 Å². The molecule has 5 nitrogen and oxygen atoms in total. The molecule has 1 aliphatic heterocycles. The van der Waals surface area contributed by atoms with E-state index in [-0.39, 0.29) is 18.3 Å². The van der Waals surface area contributed by atoms with Crippen LogP contribution in [0.25, 0.3) is 0 Å². The van der Waals surface area contributed by atoms with Gasteiger partial charge < -0.3 is 19.1 Å². The zero-order valence-corrected chi connectivity index (χ0v) is 19.1. The zero-order valence-electron chi connectivity index (χ0n) is 19.1. The molecule has 1 unspecified atom stereocenters. The summed E-state index contributed by atoms with van der Waals surface area (Å²) in [5, 5.41) is 0. The Morgan fingerprint density at radius 2 is 1.69 bits per heavy atom. The Labute approximate surface area is 199 Å². The molecule has 0 aliphatic carbocycles. The van der Waals surface area contributed by atoms with E-state index < -0.39 is 23.6 Å². The first-order valence-corrected chi connectivity index (χ1v) is 10.8. The third kappa shape index (κ3) is 5.18. The van der Waals surface area contributed by atoms with Gasteiger partial charge in [-0.1, -0.05) is 6.07 Å². The Kier molecular flexibility index (Phi) is 6.86. The maximum Gasteiger partial charge on any atom is 0.416 e. The first-order valence-electron chi connectivity index (χ1n) is 10.8. The summed E-state index contributed by atoms with van der Waals surface area (Å²) < 4.78 is 69.4. The summed E-state index contributed by atoms with van der Waals surface area (Å²) >= 11 is 0. The quantitative estimate of drug-likeness (QED) is 0.418. The fourth-order valence-corrected chi connectivity index (χ4v) is 4.15. The smallest absolute Gasteiger partial charge is 0.416 e. The number of fused-ring (bicyclic) bond motifs is 1. The van der Waals surface area contributed by atoms with Crippen molar-refractivity contribution in [3.05, 3.63) is 88.7 Å². The molecule has 1 heterocycles. The van der Waals surface area contributed by atoms with E-state index >= 15 is 0 Å². The monoisotopic (exact) mass is 489 g/mol. The molecule has 4 rings (SSSR count). The fraction of sp³-hybridized carbons (Fsp3) is 0.269. The fourth-order valence-electron chi connectivity index (χ4n) is 4.15. The number of halogens is 4. The van der Waals surface area contributed by atoms with E-state index in [0.717, 1.165) is 23.3 Å². The Morgan fingerprint density at radius 1 is 1.00 bits per heavy atom. The number of carbonyl (C=O) groups is 1. The van der Waals surface area contributed by atoms with Crippen molar-refractivity contribution < 1.29 is 36.6 Å². The number of carbonyl (C=O) groups excluding carboxylic acids is 1. The first-order chi connectivity index (χ1) is 16.7. The van der Waals surface area contributed by atoms with E-state index in [1.54, 1.807) is 11.0 Å². The van der Waals surface area contributed by atoms with E-state index in [9.17, 15) is 22.4 Å². The number of rotatable bonds is 6. The Morgan fingerprint density at radius 3 is 2.34 bits per heavy atom. The molecule has 184 valence electrons. The molecule has 1 aliphatic rings. The molecule has 1 atom stereocenters. The van der Waals surface area contributed by atoms with Gasteiger partial charge in [0.25, 0.3) is 5.91 Å². The van der Waals surface area contributed by atoms with E-state index in [4.69, 9.17) is 14.2 Å². The highest BCUT2D eigenvalue weighted by Crippen LogP contribution is 2.39. The number of nitrogens with zero attached hydrogens (tertiary/aromatic N) is 1. The van der Waals surface area contributed by atoms with Crippen LogP contribution in [0.3, 0.4) is 0 Å². The van der Waals surface area contributed by atoms with Crippen LogP contribution in [0.5, 0.6) is 17.2 Å². The standard InChI is InChI=1S/C26H23F4NO4/c1-33-23-12-17-10-11-31(25(32)16-6-8-19(27)9-7-16)22(21(17)14-24(23)34-2)15-35-20-5-3-4-18(13-20)26(28,29)30/h3-9,12-14,22H,10-11,15H2,1-2H3. The van der Waals surface area contributed by atoms with Gasteiger partial charge in [0.05, 0.1) is 25.8 Å². The SMILES string of the molecule is COc1cc2c(cc1OC)C(COc1cccc(C(F)(F)F)c1)N(C(=O)c1ccc(F)cc1)CC2. The van der Waals surface area contributed by atoms with Crippen molar-refractivity contribution in [1.29, 1.82) is 0 Å². The van der Waals surface area contributed by atoms with Crippen LogP contribution in [0, 0.1) is 5.82 Å². The summed E-state index contributed by atoms with van der Waals surface area (Å²) in [6.07, 6.45) is -3.99. The van der Waals surface area contributed by atoms with Gasteiger partial charge in [0.2, 0.25) is 0 Å². The minimum atomic E-state index is -4.51. The molecule has 3 aromatic rings. The lowest BCUT2D eigenvalue weighted by molar-refractivity contribution is -0.137. The van der Waals surface area contributed by atoms with Crippen LogP contribution in [0.4, 0.5) is 17.6 Å². The maximum atomic E-state index is 13.4. The number of methoxy groups -OCH3 is 2. The summed E-state index contributed by atoms with van der Waals surface area (Å²) in [5.41, 5.74) is 1.10. The van der Waals surface area contributed by atoms with E-state index in [2.05, 4.69) is 0 Å². The summed E-state index contributed by atoms with van der Waals surface area (Å²) in [5.74, 6) is 0.199. The Bertz CT molecular complexity index is 1210. The van der Waals surface area contributed by atoms with E-state index in [1.807, 2.05) is 6.07 Å². The number of ether oxygens (including phenoxy) is 3. The average molecular weight is 489 g/mol.